The summed E-state index contributed by atoms with van der Waals surface area (Å²) in [5.74, 6) is -0.981. The standard InChI is InChI=1S/C22H15Br2N3O6/c23-16-7-5-14(6-8-16)22(29)33-19-10-9-17(24)11-15(19)12-25-26-21(28)13-32-20-4-2-1-3-18(20)27(30)31/h1-12H,13H2,(H,26,28)/b25-12-. The number of hydrogen-bond donors (Lipinski definition) is 1. The van der Waals surface area contributed by atoms with Gasteiger partial charge in [0, 0.05) is 20.6 Å². The Balaban J connectivity index is 1.63. The zero-order valence-corrected chi connectivity index (χ0v) is 19.9. The highest BCUT2D eigenvalue weighted by Gasteiger charge is 2.15. The Morgan fingerprint density at radius 3 is 2.42 bits per heavy atom. The van der Waals surface area contributed by atoms with E-state index < -0.39 is 23.4 Å². The van der Waals surface area contributed by atoms with Crippen molar-refractivity contribution in [2.45, 2.75) is 0 Å². The molecular formula is C22H15Br2N3O6. The van der Waals surface area contributed by atoms with Crippen LogP contribution in [0.5, 0.6) is 11.5 Å². The molecule has 9 nitrogen and oxygen atoms in total. The molecule has 3 rings (SSSR count). The first-order chi connectivity index (χ1) is 15.8. The molecule has 0 heterocycles. The van der Waals surface area contributed by atoms with E-state index in [9.17, 15) is 19.7 Å². The van der Waals surface area contributed by atoms with Crippen LogP contribution in [0.4, 0.5) is 5.69 Å². The number of esters is 1. The number of nitrogens with zero attached hydrogens (tertiary/aromatic N) is 2. The van der Waals surface area contributed by atoms with Gasteiger partial charge in [-0.1, -0.05) is 44.0 Å². The van der Waals surface area contributed by atoms with Crippen LogP contribution < -0.4 is 14.9 Å². The van der Waals surface area contributed by atoms with Crippen molar-refractivity contribution in [3.05, 3.63) is 96.9 Å². The van der Waals surface area contributed by atoms with Crippen molar-refractivity contribution in [2.24, 2.45) is 5.10 Å². The van der Waals surface area contributed by atoms with Crippen LogP contribution in [0.3, 0.4) is 0 Å². The van der Waals surface area contributed by atoms with Gasteiger partial charge < -0.3 is 9.47 Å². The van der Waals surface area contributed by atoms with Crippen molar-refractivity contribution in [3.63, 3.8) is 0 Å². The van der Waals surface area contributed by atoms with Crippen molar-refractivity contribution < 1.29 is 24.0 Å². The number of hydrogen-bond acceptors (Lipinski definition) is 7. The Bertz CT molecular complexity index is 1220. The molecule has 0 fully saturated rings. The number of para-hydroxylation sites is 2. The summed E-state index contributed by atoms with van der Waals surface area (Å²) in [6.07, 6.45) is 1.30. The SMILES string of the molecule is O=C(COc1ccccc1[N+](=O)[O-])N/N=C\c1cc(Br)ccc1OC(=O)c1ccc(Br)cc1. The van der Waals surface area contributed by atoms with Gasteiger partial charge in [-0.3, -0.25) is 14.9 Å². The third-order valence-electron chi connectivity index (χ3n) is 4.07. The van der Waals surface area contributed by atoms with E-state index in [1.807, 2.05) is 0 Å². The van der Waals surface area contributed by atoms with Crippen molar-refractivity contribution in [2.75, 3.05) is 6.61 Å². The lowest BCUT2D eigenvalue weighted by Gasteiger charge is -2.08. The molecule has 0 saturated heterocycles. The first-order valence-corrected chi connectivity index (χ1v) is 10.9. The molecule has 0 bridgehead atoms. The number of carbonyl (C=O) groups excluding carboxylic acids is 2. The summed E-state index contributed by atoms with van der Waals surface area (Å²) in [7, 11) is 0. The highest BCUT2D eigenvalue weighted by molar-refractivity contribution is 9.10. The van der Waals surface area contributed by atoms with Crippen molar-refractivity contribution in [3.8, 4) is 11.5 Å². The molecule has 33 heavy (non-hydrogen) atoms. The Morgan fingerprint density at radius 2 is 1.70 bits per heavy atom. The number of rotatable bonds is 8. The van der Waals surface area contributed by atoms with E-state index in [1.54, 1.807) is 48.5 Å². The fourth-order valence-corrected chi connectivity index (χ4v) is 3.18. The number of carbonyl (C=O) groups is 2. The van der Waals surface area contributed by atoms with Gasteiger partial charge in [-0.05, 0) is 48.5 Å². The van der Waals surface area contributed by atoms with Gasteiger partial charge in [0.1, 0.15) is 5.75 Å². The average molecular weight is 577 g/mol. The number of halogens is 2. The third kappa shape index (κ3) is 6.96. The summed E-state index contributed by atoms with van der Waals surface area (Å²) in [6, 6.07) is 17.3. The molecule has 1 N–H and O–H groups in total. The summed E-state index contributed by atoms with van der Waals surface area (Å²) in [4.78, 5) is 34.8. The lowest BCUT2D eigenvalue weighted by molar-refractivity contribution is -0.385. The molecule has 0 aliphatic heterocycles. The van der Waals surface area contributed by atoms with E-state index in [-0.39, 0.29) is 17.2 Å². The van der Waals surface area contributed by atoms with E-state index in [1.165, 1.54) is 24.4 Å². The monoisotopic (exact) mass is 575 g/mol. The molecule has 3 aromatic rings. The van der Waals surface area contributed by atoms with Gasteiger partial charge in [0.2, 0.25) is 0 Å². The first-order valence-electron chi connectivity index (χ1n) is 9.29. The molecule has 168 valence electrons. The van der Waals surface area contributed by atoms with E-state index in [2.05, 4.69) is 42.4 Å². The minimum atomic E-state index is -0.632. The van der Waals surface area contributed by atoms with Gasteiger partial charge in [0.25, 0.3) is 5.91 Å². The summed E-state index contributed by atoms with van der Waals surface area (Å²) in [5.41, 5.74) is 2.80. The Hall–Kier alpha value is -3.57. The minimum absolute atomic E-state index is 0.0317. The first kappa shape index (κ1) is 24.1. The maximum absolute atomic E-state index is 12.4. The van der Waals surface area contributed by atoms with Crippen LogP contribution in [-0.2, 0) is 4.79 Å². The van der Waals surface area contributed by atoms with Gasteiger partial charge >= 0.3 is 11.7 Å². The number of nitrogens with one attached hydrogen (secondary N) is 1. The number of nitro groups is 1. The van der Waals surface area contributed by atoms with Gasteiger partial charge in [0.15, 0.2) is 12.4 Å². The summed E-state index contributed by atoms with van der Waals surface area (Å²) >= 11 is 6.64. The molecule has 0 aromatic heterocycles. The molecular weight excluding hydrogens is 562 g/mol. The zero-order chi connectivity index (χ0) is 23.8. The number of benzene rings is 3. The minimum Gasteiger partial charge on any atom is -0.477 e. The summed E-state index contributed by atoms with van der Waals surface area (Å²) in [5, 5.41) is 14.8. The lowest BCUT2D eigenvalue weighted by Crippen LogP contribution is -2.24. The van der Waals surface area contributed by atoms with E-state index in [0.29, 0.717) is 15.6 Å². The van der Waals surface area contributed by atoms with E-state index in [0.717, 1.165) is 4.47 Å². The summed E-state index contributed by atoms with van der Waals surface area (Å²) < 4.78 is 12.2. The third-order valence-corrected chi connectivity index (χ3v) is 5.09. The fourth-order valence-electron chi connectivity index (χ4n) is 2.54. The molecule has 1 amide bonds. The number of amides is 1. The van der Waals surface area contributed by atoms with Crippen LogP contribution in [0.15, 0.2) is 80.8 Å². The van der Waals surface area contributed by atoms with E-state index in [4.69, 9.17) is 9.47 Å². The molecule has 3 aromatic carbocycles. The van der Waals surface area contributed by atoms with Crippen LogP contribution in [-0.4, -0.2) is 29.6 Å². The van der Waals surface area contributed by atoms with Gasteiger partial charge in [0.05, 0.1) is 16.7 Å². The molecule has 0 spiro atoms. The van der Waals surface area contributed by atoms with Crippen LogP contribution in [0, 0.1) is 10.1 Å². The highest BCUT2D eigenvalue weighted by atomic mass is 79.9. The maximum Gasteiger partial charge on any atom is 0.343 e. The fraction of sp³-hybridized carbons (Fsp3) is 0.0455. The molecule has 0 aliphatic carbocycles. The second kappa shape index (κ2) is 11.3. The van der Waals surface area contributed by atoms with Crippen LogP contribution in [0.25, 0.3) is 0 Å². The van der Waals surface area contributed by atoms with Crippen LogP contribution in [0.1, 0.15) is 15.9 Å². The van der Waals surface area contributed by atoms with Crippen LogP contribution >= 0.6 is 31.9 Å². The predicted octanol–water partition coefficient (Wildman–Crippen LogP) is 4.87. The maximum atomic E-state index is 12.4. The highest BCUT2D eigenvalue weighted by Crippen LogP contribution is 2.26. The lowest BCUT2D eigenvalue weighted by atomic mass is 10.2. The molecule has 0 unspecified atom stereocenters. The van der Waals surface area contributed by atoms with E-state index >= 15 is 0 Å². The Kier molecular flexibility index (Phi) is 8.28. The zero-order valence-electron chi connectivity index (χ0n) is 16.7. The van der Waals surface area contributed by atoms with Crippen molar-refractivity contribution >= 4 is 55.6 Å². The normalized spacial score (nSPS) is 10.6. The largest absolute Gasteiger partial charge is 0.477 e. The number of nitro benzene ring substituents is 1. The molecule has 0 saturated carbocycles. The molecule has 0 atom stereocenters. The smallest absolute Gasteiger partial charge is 0.343 e. The Morgan fingerprint density at radius 1 is 1.00 bits per heavy atom. The van der Waals surface area contributed by atoms with Crippen LogP contribution in [0.2, 0.25) is 0 Å². The van der Waals surface area contributed by atoms with Gasteiger partial charge in [-0.25, -0.2) is 10.2 Å². The van der Waals surface area contributed by atoms with Gasteiger partial charge in [-0.15, -0.1) is 0 Å². The summed E-state index contributed by atoms with van der Waals surface area (Å²) in [6.45, 7) is -0.480. The molecule has 0 radical (unpaired) electrons. The molecule has 0 aliphatic rings. The number of ether oxygens (including phenoxy) is 2. The Labute approximate surface area is 204 Å². The number of hydrazone groups is 1. The average Bonchev–Trinajstić information content (AvgIpc) is 2.80. The topological polar surface area (TPSA) is 120 Å². The van der Waals surface area contributed by atoms with Crippen molar-refractivity contribution in [1.82, 2.24) is 5.43 Å². The van der Waals surface area contributed by atoms with Gasteiger partial charge in [-0.2, -0.15) is 5.10 Å². The van der Waals surface area contributed by atoms with Crippen molar-refractivity contribution in [1.29, 1.82) is 0 Å². The molecule has 11 heteroatoms. The predicted molar refractivity (Wildman–Crippen MR) is 128 cm³/mol. The second-order valence-electron chi connectivity index (χ2n) is 6.39. The quantitative estimate of drug-likeness (QED) is 0.134. The second-order valence-corrected chi connectivity index (χ2v) is 8.22.